The summed E-state index contributed by atoms with van der Waals surface area (Å²) in [5, 5.41) is 8.14. The molecule has 0 unspecified atom stereocenters. The SMILES string of the molecule is C[C@H](Cn1nc2ncnc(N)c2n1)OCP(=O)(O)O. The van der Waals surface area contributed by atoms with Crippen molar-refractivity contribution in [2.24, 2.45) is 0 Å². The van der Waals surface area contributed by atoms with Crippen LogP contribution in [0.5, 0.6) is 0 Å². The third kappa shape index (κ3) is 3.67. The van der Waals surface area contributed by atoms with Gasteiger partial charge in [0.2, 0.25) is 5.65 Å². The number of hydrogen-bond acceptors (Lipinski definition) is 7. The van der Waals surface area contributed by atoms with Crippen LogP contribution in [0, 0.1) is 0 Å². The van der Waals surface area contributed by atoms with Gasteiger partial charge in [0.15, 0.2) is 11.3 Å². The van der Waals surface area contributed by atoms with Crippen molar-refractivity contribution < 1.29 is 19.1 Å². The Balaban J connectivity index is 2.05. The van der Waals surface area contributed by atoms with Crippen molar-refractivity contribution >= 4 is 24.6 Å². The van der Waals surface area contributed by atoms with Crippen molar-refractivity contribution in [3.63, 3.8) is 0 Å². The molecule has 4 N–H and O–H groups in total. The smallest absolute Gasteiger partial charge is 0.350 e. The van der Waals surface area contributed by atoms with Crippen LogP contribution in [0.2, 0.25) is 0 Å². The van der Waals surface area contributed by atoms with E-state index < -0.39 is 20.0 Å². The first-order valence-electron chi connectivity index (χ1n) is 5.32. The average molecular weight is 288 g/mol. The standard InChI is InChI=1S/C8H13N6O4P/c1-5(18-4-19(15,16)17)2-14-12-6-7(9)10-3-11-8(6)13-14/h3,5H,2,4H2,1H3,(H2,15,16,17)(H2,9,10,11,13)/t5-/m1/s1. The predicted molar refractivity (Wildman–Crippen MR) is 65.0 cm³/mol. The second-order valence-electron chi connectivity index (χ2n) is 3.96. The fraction of sp³-hybridized carbons (Fsp3) is 0.500. The lowest BCUT2D eigenvalue weighted by atomic mass is 10.4. The quantitative estimate of drug-likeness (QED) is 0.609. The summed E-state index contributed by atoms with van der Waals surface area (Å²) >= 11 is 0. The van der Waals surface area contributed by atoms with Gasteiger partial charge in [0.25, 0.3) is 0 Å². The molecule has 0 bridgehead atoms. The first-order chi connectivity index (χ1) is 8.85. The third-order valence-electron chi connectivity index (χ3n) is 2.20. The molecule has 0 saturated heterocycles. The zero-order valence-electron chi connectivity index (χ0n) is 10.0. The average Bonchev–Trinajstić information content (AvgIpc) is 2.69. The van der Waals surface area contributed by atoms with Crippen molar-refractivity contribution in [2.45, 2.75) is 19.6 Å². The molecule has 0 aromatic carbocycles. The first kappa shape index (κ1) is 13.8. The van der Waals surface area contributed by atoms with Gasteiger partial charge in [0.1, 0.15) is 12.7 Å². The van der Waals surface area contributed by atoms with Crippen LogP contribution in [0.15, 0.2) is 6.33 Å². The summed E-state index contributed by atoms with van der Waals surface area (Å²) in [6.45, 7) is 1.87. The van der Waals surface area contributed by atoms with Crippen molar-refractivity contribution in [2.75, 3.05) is 12.1 Å². The molecule has 0 saturated carbocycles. The van der Waals surface area contributed by atoms with E-state index in [0.717, 1.165) is 0 Å². The highest BCUT2D eigenvalue weighted by Gasteiger charge is 2.17. The van der Waals surface area contributed by atoms with E-state index >= 15 is 0 Å². The van der Waals surface area contributed by atoms with Crippen LogP contribution in [0.3, 0.4) is 0 Å². The molecule has 0 amide bonds. The Morgan fingerprint density at radius 2 is 2.21 bits per heavy atom. The number of nitrogens with two attached hydrogens (primary N) is 1. The molecule has 19 heavy (non-hydrogen) atoms. The second kappa shape index (κ2) is 5.17. The monoisotopic (exact) mass is 288 g/mol. The van der Waals surface area contributed by atoms with E-state index in [1.807, 2.05) is 0 Å². The van der Waals surface area contributed by atoms with Crippen LogP contribution in [0.4, 0.5) is 5.82 Å². The minimum absolute atomic E-state index is 0.218. The van der Waals surface area contributed by atoms with E-state index in [2.05, 4.69) is 20.2 Å². The third-order valence-corrected chi connectivity index (χ3v) is 2.69. The summed E-state index contributed by atoms with van der Waals surface area (Å²) in [4.78, 5) is 26.4. The topological polar surface area (TPSA) is 149 Å². The maximum Gasteiger partial charge on any atom is 0.350 e. The van der Waals surface area contributed by atoms with Gasteiger partial charge >= 0.3 is 7.60 Å². The van der Waals surface area contributed by atoms with Gasteiger partial charge in [0, 0.05) is 0 Å². The van der Waals surface area contributed by atoms with E-state index in [4.69, 9.17) is 20.3 Å². The Hall–Kier alpha value is -1.61. The first-order valence-corrected chi connectivity index (χ1v) is 7.12. The van der Waals surface area contributed by atoms with Crippen molar-refractivity contribution in [1.29, 1.82) is 0 Å². The molecular weight excluding hydrogens is 275 g/mol. The molecule has 10 nitrogen and oxygen atoms in total. The van der Waals surface area contributed by atoms with Gasteiger partial charge in [-0.05, 0) is 6.92 Å². The lowest BCUT2D eigenvalue weighted by Crippen LogP contribution is -2.19. The number of hydrogen-bond donors (Lipinski definition) is 3. The number of anilines is 1. The molecule has 0 radical (unpaired) electrons. The molecule has 0 aliphatic heterocycles. The Labute approximate surface area is 107 Å². The maximum absolute atomic E-state index is 10.7. The maximum atomic E-state index is 10.7. The van der Waals surface area contributed by atoms with Gasteiger partial charge in [-0.3, -0.25) is 4.57 Å². The molecule has 2 aromatic rings. The molecule has 2 rings (SSSR count). The van der Waals surface area contributed by atoms with Crippen LogP contribution in [0.1, 0.15) is 6.92 Å². The number of nitrogens with zero attached hydrogens (tertiary/aromatic N) is 5. The summed E-state index contributed by atoms with van der Waals surface area (Å²) < 4.78 is 15.7. The van der Waals surface area contributed by atoms with E-state index in [-0.39, 0.29) is 12.4 Å². The van der Waals surface area contributed by atoms with Crippen LogP contribution < -0.4 is 5.73 Å². The van der Waals surface area contributed by atoms with Gasteiger partial charge in [-0.15, -0.1) is 10.2 Å². The number of nitrogen functional groups attached to an aromatic ring is 1. The highest BCUT2D eigenvalue weighted by atomic mass is 31.2. The Morgan fingerprint density at radius 1 is 1.47 bits per heavy atom. The van der Waals surface area contributed by atoms with Crippen LogP contribution in [-0.2, 0) is 15.8 Å². The van der Waals surface area contributed by atoms with Crippen molar-refractivity contribution in [1.82, 2.24) is 25.0 Å². The van der Waals surface area contributed by atoms with Gasteiger partial charge in [0.05, 0.1) is 12.6 Å². The predicted octanol–water partition coefficient (Wildman–Crippen LogP) is -0.656. The minimum atomic E-state index is -4.18. The van der Waals surface area contributed by atoms with Crippen molar-refractivity contribution in [3.8, 4) is 0 Å². The Morgan fingerprint density at radius 3 is 2.84 bits per heavy atom. The lowest BCUT2D eigenvalue weighted by molar-refractivity contribution is 0.0700. The fourth-order valence-electron chi connectivity index (χ4n) is 1.39. The van der Waals surface area contributed by atoms with Crippen LogP contribution in [-0.4, -0.2) is 47.2 Å². The molecular formula is C8H13N6O4P. The molecule has 11 heteroatoms. The molecule has 0 spiro atoms. The largest absolute Gasteiger partial charge is 0.382 e. The highest BCUT2D eigenvalue weighted by molar-refractivity contribution is 7.51. The number of ether oxygens (including phenoxy) is 1. The summed E-state index contributed by atoms with van der Waals surface area (Å²) in [5.74, 6) is 0.222. The molecule has 0 aliphatic rings. The number of fused-ring (bicyclic) bond motifs is 1. The van der Waals surface area contributed by atoms with Crippen molar-refractivity contribution in [3.05, 3.63) is 6.33 Å². The molecule has 2 aromatic heterocycles. The van der Waals surface area contributed by atoms with E-state index in [1.165, 1.54) is 11.1 Å². The number of aromatic nitrogens is 5. The number of rotatable bonds is 5. The van der Waals surface area contributed by atoms with Gasteiger partial charge in [-0.25, -0.2) is 9.97 Å². The minimum Gasteiger partial charge on any atom is -0.382 e. The molecule has 0 fully saturated rings. The van der Waals surface area contributed by atoms with Crippen LogP contribution in [0.25, 0.3) is 11.2 Å². The Kier molecular flexibility index (Phi) is 3.76. The molecule has 104 valence electrons. The molecule has 2 heterocycles. The Bertz CT molecular complexity index is 625. The zero-order chi connectivity index (χ0) is 14.0. The van der Waals surface area contributed by atoms with E-state index in [9.17, 15) is 4.57 Å². The van der Waals surface area contributed by atoms with Gasteiger partial charge in [-0.1, -0.05) is 0 Å². The summed E-state index contributed by atoms with van der Waals surface area (Å²) in [6, 6.07) is 0. The fourth-order valence-corrected chi connectivity index (χ4v) is 1.84. The molecule has 0 aliphatic carbocycles. The molecule has 1 atom stereocenters. The lowest BCUT2D eigenvalue weighted by Gasteiger charge is -2.12. The highest BCUT2D eigenvalue weighted by Crippen LogP contribution is 2.34. The second-order valence-corrected chi connectivity index (χ2v) is 5.54. The summed E-state index contributed by atoms with van der Waals surface area (Å²) in [7, 11) is -4.18. The van der Waals surface area contributed by atoms with Gasteiger partial charge in [-0.2, -0.15) is 4.80 Å². The zero-order valence-corrected chi connectivity index (χ0v) is 10.9. The van der Waals surface area contributed by atoms with Gasteiger partial charge < -0.3 is 20.3 Å². The van der Waals surface area contributed by atoms with E-state index in [1.54, 1.807) is 6.92 Å². The normalized spacial score (nSPS) is 13.8. The summed E-state index contributed by atoms with van der Waals surface area (Å²) in [5.41, 5.74) is 6.35. The van der Waals surface area contributed by atoms with Crippen LogP contribution >= 0.6 is 7.60 Å². The van der Waals surface area contributed by atoms with E-state index in [0.29, 0.717) is 11.2 Å². The summed E-state index contributed by atoms with van der Waals surface area (Å²) in [6.07, 6.45) is 0.171.